The number of ketones is 1. The van der Waals surface area contributed by atoms with Gasteiger partial charge in [-0.1, -0.05) is 37.3 Å². The SMILES string of the molecule is NCCn1cc(C(=O)CCC2CCCCC2)nn1. The number of Topliss-reactive ketones (excluding diaryl/α,β-unsaturated/α-hetero) is 1. The van der Waals surface area contributed by atoms with Crippen LogP contribution in [0.2, 0.25) is 0 Å². The molecule has 2 N–H and O–H groups in total. The summed E-state index contributed by atoms with van der Waals surface area (Å²) in [5.41, 5.74) is 5.91. The molecule has 1 saturated carbocycles. The van der Waals surface area contributed by atoms with Crippen molar-refractivity contribution in [3.05, 3.63) is 11.9 Å². The highest BCUT2D eigenvalue weighted by Crippen LogP contribution is 2.27. The zero-order chi connectivity index (χ0) is 12.8. The van der Waals surface area contributed by atoms with Crippen LogP contribution in [0.15, 0.2) is 6.20 Å². The van der Waals surface area contributed by atoms with Crippen LogP contribution in [0.25, 0.3) is 0 Å². The lowest BCUT2D eigenvalue weighted by Crippen LogP contribution is -2.10. The first-order valence-corrected chi connectivity index (χ1v) is 6.93. The van der Waals surface area contributed by atoms with Crippen molar-refractivity contribution in [2.45, 2.75) is 51.5 Å². The highest BCUT2D eigenvalue weighted by atomic mass is 16.1. The van der Waals surface area contributed by atoms with Crippen molar-refractivity contribution in [2.75, 3.05) is 6.54 Å². The van der Waals surface area contributed by atoms with Crippen LogP contribution in [0, 0.1) is 5.92 Å². The maximum Gasteiger partial charge on any atom is 0.184 e. The summed E-state index contributed by atoms with van der Waals surface area (Å²) in [6, 6.07) is 0. The summed E-state index contributed by atoms with van der Waals surface area (Å²) in [5.74, 6) is 0.852. The van der Waals surface area contributed by atoms with Gasteiger partial charge in [0.15, 0.2) is 5.78 Å². The van der Waals surface area contributed by atoms with Crippen molar-refractivity contribution in [3.8, 4) is 0 Å². The van der Waals surface area contributed by atoms with E-state index in [1.54, 1.807) is 10.9 Å². The fourth-order valence-corrected chi connectivity index (χ4v) is 2.61. The number of nitrogens with two attached hydrogens (primary N) is 1. The second-order valence-electron chi connectivity index (χ2n) is 5.12. The number of nitrogens with zero attached hydrogens (tertiary/aromatic N) is 3. The number of rotatable bonds is 6. The Hall–Kier alpha value is -1.23. The molecule has 1 aromatic rings. The minimum Gasteiger partial charge on any atom is -0.329 e. The van der Waals surface area contributed by atoms with E-state index in [0.717, 1.165) is 12.3 Å². The lowest BCUT2D eigenvalue weighted by atomic mass is 9.85. The first kappa shape index (κ1) is 13.2. The molecule has 0 unspecified atom stereocenters. The smallest absolute Gasteiger partial charge is 0.184 e. The van der Waals surface area contributed by atoms with Gasteiger partial charge in [0, 0.05) is 13.0 Å². The molecule has 0 radical (unpaired) electrons. The van der Waals surface area contributed by atoms with Gasteiger partial charge in [-0.05, 0) is 12.3 Å². The Morgan fingerprint density at radius 2 is 2.17 bits per heavy atom. The summed E-state index contributed by atoms with van der Waals surface area (Å²) >= 11 is 0. The summed E-state index contributed by atoms with van der Waals surface area (Å²) in [5, 5.41) is 7.79. The monoisotopic (exact) mass is 250 g/mol. The van der Waals surface area contributed by atoms with Crippen molar-refractivity contribution in [1.82, 2.24) is 15.0 Å². The number of hydrogen-bond acceptors (Lipinski definition) is 4. The first-order valence-electron chi connectivity index (χ1n) is 6.93. The molecule has 1 aliphatic rings. The molecule has 1 heterocycles. The van der Waals surface area contributed by atoms with Gasteiger partial charge in [-0.3, -0.25) is 9.48 Å². The molecular weight excluding hydrogens is 228 g/mol. The minimum atomic E-state index is 0.115. The van der Waals surface area contributed by atoms with Crippen LogP contribution < -0.4 is 5.73 Å². The van der Waals surface area contributed by atoms with E-state index < -0.39 is 0 Å². The minimum absolute atomic E-state index is 0.115. The summed E-state index contributed by atoms with van der Waals surface area (Å²) in [4.78, 5) is 12.0. The Morgan fingerprint density at radius 3 is 2.89 bits per heavy atom. The largest absolute Gasteiger partial charge is 0.329 e. The molecular formula is C13H22N4O. The van der Waals surface area contributed by atoms with E-state index in [2.05, 4.69) is 10.3 Å². The summed E-state index contributed by atoms with van der Waals surface area (Å²) in [6.45, 7) is 1.13. The van der Waals surface area contributed by atoms with Crippen LogP contribution in [0.5, 0.6) is 0 Å². The summed E-state index contributed by atoms with van der Waals surface area (Å²) < 4.78 is 1.63. The predicted octanol–water partition coefficient (Wildman–Crippen LogP) is 1.78. The van der Waals surface area contributed by atoms with Crippen LogP contribution in [0.1, 0.15) is 55.4 Å². The molecule has 0 saturated heterocycles. The standard InChI is InChI=1S/C13H22N4O/c14-8-9-17-10-12(15-16-17)13(18)7-6-11-4-2-1-3-5-11/h10-11H,1-9,14H2. The molecule has 0 atom stereocenters. The van der Waals surface area contributed by atoms with Crippen LogP contribution in [0.4, 0.5) is 0 Å². The van der Waals surface area contributed by atoms with E-state index in [1.165, 1.54) is 32.1 Å². The second kappa shape index (κ2) is 6.64. The van der Waals surface area contributed by atoms with Crippen molar-refractivity contribution in [2.24, 2.45) is 11.7 Å². The summed E-state index contributed by atoms with van der Waals surface area (Å²) in [6.07, 6.45) is 9.89. The molecule has 5 heteroatoms. The molecule has 1 aliphatic carbocycles. The Bertz CT molecular complexity index is 382. The van der Waals surface area contributed by atoms with Crippen LogP contribution >= 0.6 is 0 Å². The van der Waals surface area contributed by atoms with Crippen molar-refractivity contribution in [3.63, 3.8) is 0 Å². The Kier molecular flexibility index (Phi) is 4.87. The summed E-state index contributed by atoms with van der Waals surface area (Å²) in [7, 11) is 0. The molecule has 2 rings (SSSR count). The first-order chi connectivity index (χ1) is 8.79. The number of carbonyl (C=O) groups excluding carboxylic acids is 1. The normalized spacial score (nSPS) is 16.9. The molecule has 1 aromatic heterocycles. The molecule has 100 valence electrons. The van der Waals surface area contributed by atoms with E-state index in [9.17, 15) is 4.79 Å². The third kappa shape index (κ3) is 3.63. The van der Waals surface area contributed by atoms with Gasteiger partial charge in [-0.25, -0.2) is 0 Å². The molecule has 5 nitrogen and oxygen atoms in total. The predicted molar refractivity (Wildman–Crippen MR) is 69.2 cm³/mol. The average Bonchev–Trinajstić information content (AvgIpc) is 2.86. The second-order valence-corrected chi connectivity index (χ2v) is 5.12. The highest BCUT2D eigenvalue weighted by molar-refractivity contribution is 5.93. The lowest BCUT2D eigenvalue weighted by molar-refractivity contribution is 0.0965. The fraction of sp³-hybridized carbons (Fsp3) is 0.769. The van der Waals surface area contributed by atoms with E-state index in [0.29, 0.717) is 25.2 Å². The van der Waals surface area contributed by atoms with Crippen molar-refractivity contribution < 1.29 is 4.79 Å². The molecule has 1 fully saturated rings. The zero-order valence-electron chi connectivity index (χ0n) is 10.8. The van der Waals surface area contributed by atoms with Gasteiger partial charge < -0.3 is 5.73 Å². The third-order valence-corrected chi connectivity index (χ3v) is 3.69. The average molecular weight is 250 g/mol. The van der Waals surface area contributed by atoms with E-state index in [1.807, 2.05) is 0 Å². The topological polar surface area (TPSA) is 73.8 Å². The van der Waals surface area contributed by atoms with Gasteiger partial charge in [0.25, 0.3) is 0 Å². The molecule has 0 amide bonds. The van der Waals surface area contributed by atoms with E-state index >= 15 is 0 Å². The zero-order valence-corrected chi connectivity index (χ0v) is 10.8. The van der Waals surface area contributed by atoms with Crippen molar-refractivity contribution >= 4 is 5.78 Å². The number of carbonyl (C=O) groups is 1. The van der Waals surface area contributed by atoms with Gasteiger partial charge >= 0.3 is 0 Å². The quantitative estimate of drug-likeness (QED) is 0.781. The van der Waals surface area contributed by atoms with Gasteiger partial charge in [-0.2, -0.15) is 0 Å². The molecule has 0 spiro atoms. The maximum absolute atomic E-state index is 12.0. The van der Waals surface area contributed by atoms with Crippen molar-refractivity contribution in [1.29, 1.82) is 0 Å². The number of aromatic nitrogens is 3. The molecule has 0 aromatic carbocycles. The molecule has 0 aliphatic heterocycles. The molecule has 18 heavy (non-hydrogen) atoms. The van der Waals surface area contributed by atoms with Gasteiger partial charge in [0.1, 0.15) is 5.69 Å². The maximum atomic E-state index is 12.0. The van der Waals surface area contributed by atoms with E-state index in [-0.39, 0.29) is 5.78 Å². The van der Waals surface area contributed by atoms with Gasteiger partial charge in [0.2, 0.25) is 0 Å². The Morgan fingerprint density at radius 1 is 1.39 bits per heavy atom. The van der Waals surface area contributed by atoms with Gasteiger partial charge in [-0.15, -0.1) is 5.10 Å². The third-order valence-electron chi connectivity index (χ3n) is 3.69. The van der Waals surface area contributed by atoms with Crippen LogP contribution in [0.3, 0.4) is 0 Å². The van der Waals surface area contributed by atoms with Crippen LogP contribution in [-0.4, -0.2) is 27.3 Å². The number of hydrogen-bond donors (Lipinski definition) is 1. The Labute approximate surface area is 108 Å². The Balaban J connectivity index is 1.79. The van der Waals surface area contributed by atoms with Gasteiger partial charge in [0.05, 0.1) is 12.7 Å². The fourth-order valence-electron chi connectivity index (χ4n) is 2.61. The van der Waals surface area contributed by atoms with E-state index in [4.69, 9.17) is 5.73 Å². The van der Waals surface area contributed by atoms with Crippen LogP contribution in [-0.2, 0) is 6.54 Å². The lowest BCUT2D eigenvalue weighted by Gasteiger charge is -2.20. The molecule has 0 bridgehead atoms. The highest BCUT2D eigenvalue weighted by Gasteiger charge is 2.17.